The highest BCUT2D eigenvalue weighted by atomic mass is 32.2. The van der Waals surface area contributed by atoms with Gasteiger partial charge in [0.05, 0.1) is 17.0 Å². The van der Waals surface area contributed by atoms with Gasteiger partial charge >= 0.3 is 0 Å². The third-order valence-corrected chi connectivity index (χ3v) is 6.63. The molecule has 0 atom stereocenters. The van der Waals surface area contributed by atoms with Crippen molar-refractivity contribution >= 4 is 20.9 Å². The van der Waals surface area contributed by atoms with Gasteiger partial charge in [0.2, 0.25) is 10.0 Å². The number of rotatable bonds is 8. The smallest absolute Gasteiger partial charge is 0.238 e. The zero-order valence-electron chi connectivity index (χ0n) is 18.3. The molecule has 6 nitrogen and oxygen atoms in total. The molecule has 0 radical (unpaired) electrons. The van der Waals surface area contributed by atoms with Crippen LogP contribution in [-0.4, -0.2) is 25.2 Å². The lowest BCUT2D eigenvalue weighted by Gasteiger charge is -2.14. The molecule has 0 aliphatic rings. The predicted molar refractivity (Wildman–Crippen MR) is 127 cm³/mol. The minimum atomic E-state index is -3.79. The molecule has 0 spiro atoms. The molecule has 0 saturated carbocycles. The van der Waals surface area contributed by atoms with Gasteiger partial charge in [0.15, 0.2) is 0 Å². The average Bonchev–Trinajstić information content (AvgIpc) is 3.22. The van der Waals surface area contributed by atoms with Crippen molar-refractivity contribution in [1.82, 2.24) is 10.2 Å². The van der Waals surface area contributed by atoms with Gasteiger partial charge in [-0.15, -0.1) is 0 Å². The maximum atomic E-state index is 11.7. The standard InChI is InChI=1S/C25H27N3O3S/c1-3-17-7-5-8-18(4-2)22(17)13-14-31-20-11-12-24-23(16-20)25(28-27-24)19-9-6-10-21(15-19)32(26,29)30/h5-12,15-16H,3-4,13-14H2,1-2H3,(H,27,28)(H2,26,29,30). The van der Waals surface area contributed by atoms with E-state index in [1.54, 1.807) is 6.07 Å². The maximum Gasteiger partial charge on any atom is 0.238 e. The zero-order chi connectivity index (χ0) is 22.7. The molecule has 7 heteroatoms. The van der Waals surface area contributed by atoms with E-state index in [0.29, 0.717) is 17.9 Å². The molecule has 0 unspecified atom stereocenters. The largest absolute Gasteiger partial charge is 0.493 e. The number of nitrogens with two attached hydrogens (primary N) is 1. The highest BCUT2D eigenvalue weighted by Crippen LogP contribution is 2.30. The predicted octanol–water partition coefficient (Wildman–Crippen LogP) is 4.62. The molecule has 3 aromatic carbocycles. The fourth-order valence-electron chi connectivity index (χ4n) is 4.07. The zero-order valence-corrected chi connectivity index (χ0v) is 19.1. The van der Waals surface area contributed by atoms with Crippen LogP contribution in [0.5, 0.6) is 5.75 Å². The Balaban J connectivity index is 1.58. The van der Waals surface area contributed by atoms with E-state index in [2.05, 4.69) is 42.2 Å². The van der Waals surface area contributed by atoms with Crippen LogP contribution in [0.15, 0.2) is 65.6 Å². The number of sulfonamides is 1. The minimum Gasteiger partial charge on any atom is -0.493 e. The van der Waals surface area contributed by atoms with Crippen LogP contribution < -0.4 is 9.88 Å². The van der Waals surface area contributed by atoms with Gasteiger partial charge in [-0.05, 0) is 59.9 Å². The van der Waals surface area contributed by atoms with Gasteiger partial charge in [-0.1, -0.05) is 44.2 Å². The van der Waals surface area contributed by atoms with Crippen LogP contribution in [-0.2, 0) is 29.3 Å². The van der Waals surface area contributed by atoms with Crippen molar-refractivity contribution in [3.05, 3.63) is 77.4 Å². The maximum absolute atomic E-state index is 11.7. The number of hydrogen-bond donors (Lipinski definition) is 2. The van der Waals surface area contributed by atoms with Crippen LogP contribution in [0.2, 0.25) is 0 Å². The van der Waals surface area contributed by atoms with Crippen molar-refractivity contribution in [2.45, 2.75) is 38.0 Å². The highest BCUT2D eigenvalue weighted by molar-refractivity contribution is 7.89. The number of hydrogen-bond acceptors (Lipinski definition) is 4. The summed E-state index contributed by atoms with van der Waals surface area (Å²) in [6, 6.07) is 18.7. The molecule has 1 aromatic heterocycles. The number of fused-ring (bicyclic) bond motifs is 1. The Kier molecular flexibility index (Phi) is 6.30. The molecular formula is C25H27N3O3S. The van der Waals surface area contributed by atoms with Crippen LogP contribution in [0, 0.1) is 0 Å². The number of aromatic amines is 1. The Morgan fingerprint density at radius 2 is 1.69 bits per heavy atom. The Bertz CT molecular complexity index is 1340. The molecule has 3 N–H and O–H groups in total. The van der Waals surface area contributed by atoms with E-state index in [1.807, 2.05) is 24.3 Å². The molecule has 0 fully saturated rings. The van der Waals surface area contributed by atoms with Crippen molar-refractivity contribution < 1.29 is 13.2 Å². The molecule has 0 aliphatic carbocycles. The topological polar surface area (TPSA) is 98.1 Å². The number of ether oxygens (including phenoxy) is 1. The second-order valence-corrected chi connectivity index (χ2v) is 9.27. The fraction of sp³-hybridized carbons (Fsp3) is 0.240. The van der Waals surface area contributed by atoms with E-state index in [1.165, 1.54) is 28.8 Å². The molecule has 4 rings (SSSR count). The van der Waals surface area contributed by atoms with Crippen LogP contribution in [0.4, 0.5) is 0 Å². The van der Waals surface area contributed by atoms with Gasteiger partial charge in [-0.3, -0.25) is 5.10 Å². The molecule has 166 valence electrons. The lowest BCUT2D eigenvalue weighted by atomic mass is 9.95. The van der Waals surface area contributed by atoms with Crippen molar-refractivity contribution in [2.24, 2.45) is 5.14 Å². The van der Waals surface area contributed by atoms with Gasteiger partial charge < -0.3 is 4.74 Å². The Morgan fingerprint density at radius 3 is 2.38 bits per heavy atom. The van der Waals surface area contributed by atoms with Crippen molar-refractivity contribution in [3.63, 3.8) is 0 Å². The van der Waals surface area contributed by atoms with E-state index in [-0.39, 0.29) is 4.90 Å². The first kappa shape index (κ1) is 22.0. The Morgan fingerprint density at radius 1 is 0.969 bits per heavy atom. The molecular weight excluding hydrogens is 422 g/mol. The number of nitrogens with zero attached hydrogens (tertiary/aromatic N) is 1. The Hall–Kier alpha value is -3.16. The summed E-state index contributed by atoms with van der Waals surface area (Å²) in [5.74, 6) is 0.745. The first-order valence-electron chi connectivity index (χ1n) is 10.7. The van der Waals surface area contributed by atoms with Gasteiger partial charge in [0.25, 0.3) is 0 Å². The van der Waals surface area contributed by atoms with Gasteiger partial charge in [-0.2, -0.15) is 5.10 Å². The molecule has 0 bridgehead atoms. The van der Waals surface area contributed by atoms with Crippen molar-refractivity contribution in [1.29, 1.82) is 0 Å². The third kappa shape index (κ3) is 4.54. The monoisotopic (exact) mass is 449 g/mol. The van der Waals surface area contributed by atoms with Gasteiger partial charge in [0.1, 0.15) is 11.4 Å². The molecule has 32 heavy (non-hydrogen) atoms. The van der Waals surface area contributed by atoms with E-state index in [0.717, 1.165) is 35.9 Å². The van der Waals surface area contributed by atoms with Crippen LogP contribution in [0.25, 0.3) is 22.2 Å². The normalized spacial score (nSPS) is 11.7. The summed E-state index contributed by atoms with van der Waals surface area (Å²) in [5.41, 5.74) is 6.29. The summed E-state index contributed by atoms with van der Waals surface area (Å²) in [6.07, 6.45) is 2.86. The average molecular weight is 450 g/mol. The van der Waals surface area contributed by atoms with Crippen molar-refractivity contribution in [3.8, 4) is 17.0 Å². The first-order chi connectivity index (χ1) is 15.4. The number of benzene rings is 3. The van der Waals surface area contributed by atoms with E-state index < -0.39 is 10.0 Å². The molecule has 1 heterocycles. The summed E-state index contributed by atoms with van der Waals surface area (Å²) in [5, 5.41) is 13.5. The number of H-pyrrole nitrogens is 1. The van der Waals surface area contributed by atoms with Crippen molar-refractivity contribution in [2.75, 3.05) is 6.61 Å². The second kappa shape index (κ2) is 9.14. The summed E-state index contributed by atoms with van der Waals surface area (Å²) >= 11 is 0. The first-order valence-corrected chi connectivity index (χ1v) is 12.3. The lowest BCUT2D eigenvalue weighted by Crippen LogP contribution is -2.11. The highest BCUT2D eigenvalue weighted by Gasteiger charge is 2.14. The number of primary sulfonamides is 1. The summed E-state index contributed by atoms with van der Waals surface area (Å²) in [6.45, 7) is 4.93. The summed E-state index contributed by atoms with van der Waals surface area (Å²) in [7, 11) is -3.79. The molecule has 0 aliphatic heterocycles. The summed E-state index contributed by atoms with van der Waals surface area (Å²) < 4.78 is 29.6. The lowest BCUT2D eigenvalue weighted by molar-refractivity contribution is 0.321. The van der Waals surface area contributed by atoms with E-state index in [4.69, 9.17) is 9.88 Å². The van der Waals surface area contributed by atoms with E-state index >= 15 is 0 Å². The quantitative estimate of drug-likeness (QED) is 0.410. The molecule has 4 aromatic rings. The second-order valence-electron chi connectivity index (χ2n) is 7.71. The van der Waals surface area contributed by atoms with Crippen LogP contribution in [0.3, 0.4) is 0 Å². The fourth-order valence-corrected chi connectivity index (χ4v) is 4.63. The van der Waals surface area contributed by atoms with Crippen LogP contribution in [0.1, 0.15) is 30.5 Å². The number of aryl methyl sites for hydroxylation is 2. The van der Waals surface area contributed by atoms with Gasteiger partial charge in [0, 0.05) is 17.4 Å². The van der Waals surface area contributed by atoms with Crippen LogP contribution >= 0.6 is 0 Å². The summed E-state index contributed by atoms with van der Waals surface area (Å²) in [4.78, 5) is 0.0554. The number of nitrogens with one attached hydrogen (secondary N) is 1. The van der Waals surface area contributed by atoms with E-state index in [9.17, 15) is 8.42 Å². The minimum absolute atomic E-state index is 0.0554. The molecule has 0 amide bonds. The molecule has 0 saturated heterocycles. The van der Waals surface area contributed by atoms with Gasteiger partial charge in [-0.25, -0.2) is 13.6 Å². The third-order valence-electron chi connectivity index (χ3n) is 5.72. The number of aromatic nitrogens is 2. The Labute approximate surface area is 188 Å². The SMILES string of the molecule is CCc1cccc(CC)c1CCOc1ccc2[nH]nc(-c3cccc(S(N)(=O)=O)c3)c2c1.